The monoisotopic (exact) mass is 506 g/mol. The van der Waals surface area contributed by atoms with Crippen LogP contribution in [0.25, 0.3) is 16.9 Å². The molecule has 194 valence electrons. The highest BCUT2D eigenvalue weighted by atomic mass is 19.4. The Labute approximate surface area is 206 Å². The first-order valence-electron chi connectivity index (χ1n) is 11.9. The third kappa shape index (κ3) is 5.31. The van der Waals surface area contributed by atoms with Gasteiger partial charge in [-0.15, -0.1) is 0 Å². The maximum atomic E-state index is 13.7. The fourth-order valence-electron chi connectivity index (χ4n) is 4.28. The molecule has 4 heterocycles. The van der Waals surface area contributed by atoms with E-state index in [-0.39, 0.29) is 26.0 Å². The number of carbonyl (C=O) groups is 1. The number of ether oxygens (including phenoxy) is 2. The van der Waals surface area contributed by atoms with Crippen LogP contribution in [-0.4, -0.2) is 62.8 Å². The lowest BCUT2D eigenvalue weighted by molar-refractivity contribution is -0.155. The molecule has 0 spiro atoms. The molecule has 2 amide bonds. The average molecular weight is 507 g/mol. The number of amides is 2. The Morgan fingerprint density at radius 2 is 2.06 bits per heavy atom. The Morgan fingerprint density at radius 1 is 1.25 bits per heavy atom. The number of carbonyl (C=O) groups excluding carboxylic acids is 1. The van der Waals surface area contributed by atoms with E-state index in [9.17, 15) is 18.0 Å². The quantitative estimate of drug-likeness (QED) is 0.538. The van der Waals surface area contributed by atoms with Crippen molar-refractivity contribution in [1.82, 2.24) is 29.6 Å². The molecule has 0 aromatic carbocycles. The maximum Gasteiger partial charge on any atom is 0.408 e. The Kier molecular flexibility index (Phi) is 7.51. The summed E-state index contributed by atoms with van der Waals surface area (Å²) in [6, 6.07) is -1.62. The van der Waals surface area contributed by atoms with E-state index in [2.05, 4.69) is 20.3 Å². The molecule has 0 saturated carbocycles. The number of hydrogen-bond acceptors (Lipinski definition) is 6. The van der Waals surface area contributed by atoms with Gasteiger partial charge >= 0.3 is 12.2 Å². The normalized spacial score (nSPS) is 19.9. The molecule has 1 N–H and O–H groups in total. The molecule has 0 aliphatic carbocycles. The van der Waals surface area contributed by atoms with Crippen LogP contribution in [0.4, 0.5) is 18.0 Å². The number of halogens is 3. The van der Waals surface area contributed by atoms with Crippen LogP contribution in [0.5, 0.6) is 11.6 Å². The minimum absolute atomic E-state index is 0.192. The fourth-order valence-corrected chi connectivity index (χ4v) is 4.28. The molecule has 4 rings (SSSR count). The summed E-state index contributed by atoms with van der Waals surface area (Å²) in [5, 5.41) is 2.19. The SMILES string of the molecule is CCN1C(=O)N[C@H](C(F)(F)F)CCCCCOc2nc(cn3ccnc23)-c2cc(ncc2OC)[C@H]1C. The highest BCUT2D eigenvalue weighted by Crippen LogP contribution is 2.34. The van der Waals surface area contributed by atoms with E-state index in [0.717, 1.165) is 0 Å². The Morgan fingerprint density at radius 3 is 2.78 bits per heavy atom. The van der Waals surface area contributed by atoms with E-state index in [1.54, 1.807) is 42.9 Å². The van der Waals surface area contributed by atoms with Crippen LogP contribution >= 0.6 is 0 Å². The predicted molar refractivity (Wildman–Crippen MR) is 126 cm³/mol. The number of aromatic nitrogens is 4. The average Bonchev–Trinajstić information content (AvgIpc) is 3.33. The summed E-state index contributed by atoms with van der Waals surface area (Å²) in [4.78, 5) is 27.7. The second kappa shape index (κ2) is 10.6. The van der Waals surface area contributed by atoms with Crippen LogP contribution in [0.15, 0.2) is 30.9 Å². The number of rotatable bonds is 2. The fraction of sp³-hybridized carbons (Fsp3) is 0.500. The molecular formula is C24H29F3N6O3. The third-order valence-corrected chi connectivity index (χ3v) is 6.29. The highest BCUT2D eigenvalue weighted by molar-refractivity contribution is 5.75. The van der Waals surface area contributed by atoms with Crippen molar-refractivity contribution in [3.05, 3.63) is 36.5 Å². The number of fused-ring (bicyclic) bond motifs is 7. The lowest BCUT2D eigenvalue weighted by atomic mass is 10.1. The van der Waals surface area contributed by atoms with Crippen molar-refractivity contribution in [2.45, 2.75) is 57.8 Å². The van der Waals surface area contributed by atoms with Gasteiger partial charge in [0, 0.05) is 30.7 Å². The van der Waals surface area contributed by atoms with Crippen LogP contribution in [0, 0.1) is 0 Å². The Hall–Kier alpha value is -3.57. The maximum absolute atomic E-state index is 13.7. The van der Waals surface area contributed by atoms with E-state index in [0.29, 0.717) is 47.1 Å². The van der Waals surface area contributed by atoms with E-state index in [1.165, 1.54) is 18.2 Å². The van der Waals surface area contributed by atoms with Gasteiger partial charge in [-0.3, -0.25) is 4.98 Å². The first-order chi connectivity index (χ1) is 17.2. The van der Waals surface area contributed by atoms with Crippen molar-refractivity contribution in [3.63, 3.8) is 0 Å². The lowest BCUT2D eigenvalue weighted by Crippen LogP contribution is -2.51. The van der Waals surface area contributed by atoms with Gasteiger partial charge in [-0.1, -0.05) is 6.42 Å². The molecule has 0 radical (unpaired) electrons. The number of hydrogen-bond donors (Lipinski definition) is 1. The topological polar surface area (TPSA) is 93.9 Å². The Bertz CT molecular complexity index is 1220. The summed E-state index contributed by atoms with van der Waals surface area (Å²) in [5.41, 5.74) is 2.15. The molecule has 1 aliphatic heterocycles. The van der Waals surface area contributed by atoms with Crippen molar-refractivity contribution in [2.24, 2.45) is 0 Å². The number of pyridine rings is 1. The molecular weight excluding hydrogens is 477 g/mol. The predicted octanol–water partition coefficient (Wildman–Crippen LogP) is 4.78. The molecule has 3 aromatic heterocycles. The number of alkyl halides is 3. The highest BCUT2D eigenvalue weighted by Gasteiger charge is 2.41. The molecule has 0 fully saturated rings. The van der Waals surface area contributed by atoms with Crippen LogP contribution in [0.3, 0.4) is 0 Å². The molecule has 1 aliphatic rings. The van der Waals surface area contributed by atoms with E-state index in [4.69, 9.17) is 9.47 Å². The summed E-state index contributed by atoms with van der Waals surface area (Å²) in [7, 11) is 1.51. The summed E-state index contributed by atoms with van der Waals surface area (Å²) < 4.78 is 54.3. The molecule has 0 unspecified atom stereocenters. The molecule has 0 saturated heterocycles. The second-order valence-electron chi connectivity index (χ2n) is 8.60. The summed E-state index contributed by atoms with van der Waals surface area (Å²) in [6.45, 7) is 3.89. The number of nitrogens with one attached hydrogen (secondary N) is 1. The van der Waals surface area contributed by atoms with E-state index >= 15 is 0 Å². The van der Waals surface area contributed by atoms with Gasteiger partial charge < -0.3 is 24.1 Å². The number of imidazole rings is 1. The standard InChI is InChI=1S/C24H29F3N6O3/c1-4-33-15(2)17-12-16(19(35-3)13-29-17)18-14-32-10-9-28-21(32)22(30-18)36-11-7-5-6-8-20(24(25,26)27)31-23(33)34/h9-10,12-15,20H,4-8,11H2,1-3H3,(H,31,34)/t15-,20+/m1/s1. The van der Waals surface area contributed by atoms with Gasteiger partial charge in [0.05, 0.1) is 37.3 Å². The molecule has 9 nitrogen and oxygen atoms in total. The van der Waals surface area contributed by atoms with Crippen molar-refractivity contribution < 1.29 is 27.4 Å². The summed E-state index contributed by atoms with van der Waals surface area (Å²) in [5.74, 6) is 0.766. The van der Waals surface area contributed by atoms with E-state index < -0.39 is 24.3 Å². The van der Waals surface area contributed by atoms with Crippen molar-refractivity contribution in [1.29, 1.82) is 0 Å². The van der Waals surface area contributed by atoms with Gasteiger partial charge in [0.25, 0.3) is 5.88 Å². The molecule has 3 aromatic rings. The van der Waals surface area contributed by atoms with Gasteiger partial charge in [-0.05, 0) is 39.2 Å². The van der Waals surface area contributed by atoms with E-state index in [1.807, 2.05) is 0 Å². The third-order valence-electron chi connectivity index (χ3n) is 6.29. The minimum Gasteiger partial charge on any atom is -0.494 e. The van der Waals surface area contributed by atoms with Crippen LogP contribution in [-0.2, 0) is 0 Å². The van der Waals surface area contributed by atoms with Gasteiger partial charge in [0.2, 0.25) is 5.65 Å². The Balaban J connectivity index is 1.80. The summed E-state index contributed by atoms with van der Waals surface area (Å²) >= 11 is 0. The van der Waals surface area contributed by atoms with Crippen LogP contribution < -0.4 is 14.8 Å². The smallest absolute Gasteiger partial charge is 0.408 e. The van der Waals surface area contributed by atoms with Gasteiger partial charge in [-0.25, -0.2) is 14.8 Å². The van der Waals surface area contributed by atoms with Crippen molar-refractivity contribution >= 4 is 11.7 Å². The largest absolute Gasteiger partial charge is 0.494 e. The van der Waals surface area contributed by atoms with Crippen LogP contribution in [0.1, 0.15) is 51.3 Å². The second-order valence-corrected chi connectivity index (χ2v) is 8.60. The van der Waals surface area contributed by atoms with Gasteiger partial charge in [0.1, 0.15) is 11.8 Å². The van der Waals surface area contributed by atoms with Gasteiger partial charge in [-0.2, -0.15) is 13.2 Å². The molecule has 36 heavy (non-hydrogen) atoms. The first kappa shape index (κ1) is 25.5. The van der Waals surface area contributed by atoms with Gasteiger partial charge in [0.15, 0.2) is 0 Å². The minimum atomic E-state index is -4.56. The van der Waals surface area contributed by atoms with Crippen molar-refractivity contribution in [2.75, 3.05) is 20.3 Å². The lowest BCUT2D eigenvalue weighted by Gasteiger charge is -2.31. The number of methoxy groups -OCH3 is 1. The number of urea groups is 1. The molecule has 4 bridgehead atoms. The zero-order chi connectivity index (χ0) is 25.9. The first-order valence-corrected chi connectivity index (χ1v) is 11.9. The molecule has 2 atom stereocenters. The number of nitrogens with zero attached hydrogens (tertiary/aromatic N) is 5. The molecule has 12 heteroatoms. The zero-order valence-corrected chi connectivity index (χ0v) is 20.4. The van der Waals surface area contributed by atoms with Crippen LogP contribution in [0.2, 0.25) is 0 Å². The van der Waals surface area contributed by atoms with Crippen molar-refractivity contribution in [3.8, 4) is 22.9 Å². The summed E-state index contributed by atoms with van der Waals surface area (Å²) in [6.07, 6.45) is 3.23. The zero-order valence-electron chi connectivity index (χ0n) is 20.4.